The summed E-state index contributed by atoms with van der Waals surface area (Å²) >= 11 is 0. The average Bonchev–Trinajstić information content (AvgIpc) is 2.15. The summed E-state index contributed by atoms with van der Waals surface area (Å²) in [7, 11) is 0. The van der Waals surface area contributed by atoms with Gasteiger partial charge in [-0.1, -0.05) is 6.07 Å². The lowest BCUT2D eigenvalue weighted by molar-refractivity contribution is -0.0796. The van der Waals surface area contributed by atoms with Crippen LogP contribution in [0.5, 0.6) is 5.75 Å². The highest BCUT2D eigenvalue weighted by atomic mass is 16.6. The van der Waals surface area contributed by atoms with E-state index in [-0.39, 0.29) is 5.75 Å². The van der Waals surface area contributed by atoms with E-state index in [1.807, 2.05) is 0 Å². The van der Waals surface area contributed by atoms with Crippen molar-refractivity contribution in [2.45, 2.75) is 6.08 Å². The maximum Gasteiger partial charge on any atom is 0.145 e. The second-order valence-corrected chi connectivity index (χ2v) is 2.31. The molecule has 2 rings (SSSR count). The summed E-state index contributed by atoms with van der Waals surface area (Å²) in [5.74, 6) is 0.121. The van der Waals surface area contributed by atoms with Gasteiger partial charge >= 0.3 is 0 Å². The molecule has 1 heterocycles. The van der Waals surface area contributed by atoms with Gasteiger partial charge in [0, 0.05) is 11.8 Å². The summed E-state index contributed by atoms with van der Waals surface area (Å²) in [6.07, 6.45) is -2.45. The molecular weight excluding hydrogens is 154 g/mol. The van der Waals surface area contributed by atoms with E-state index in [4.69, 9.17) is 17.3 Å². The molecule has 1 saturated heterocycles. The predicted octanol–water partition coefficient (Wildman–Crippen LogP) is 1.05. The number of rotatable bonds is 2. The number of hydrogen-bond acceptors (Lipinski definition) is 3. The molecule has 0 unspecified atom stereocenters. The van der Waals surface area contributed by atoms with Crippen LogP contribution < -0.4 is 10.5 Å². The third kappa shape index (κ3) is 1.51. The van der Waals surface area contributed by atoms with Crippen molar-refractivity contribution in [2.75, 3.05) is 18.9 Å². The molecule has 64 valence electrons. The second kappa shape index (κ2) is 3.03. The molecule has 1 aromatic rings. The van der Waals surface area contributed by atoms with E-state index in [1.54, 1.807) is 12.1 Å². The van der Waals surface area contributed by atoms with Crippen molar-refractivity contribution in [3.63, 3.8) is 0 Å². The van der Waals surface area contributed by atoms with Crippen LogP contribution in [0.1, 0.15) is 6.85 Å². The molecule has 1 fully saturated rings. The minimum absolute atomic E-state index is 0.121. The molecule has 0 aliphatic carbocycles. The van der Waals surface area contributed by atoms with Gasteiger partial charge in [0.15, 0.2) is 0 Å². The van der Waals surface area contributed by atoms with Gasteiger partial charge in [-0.15, -0.1) is 0 Å². The first-order valence-corrected chi connectivity index (χ1v) is 3.43. The van der Waals surface area contributed by atoms with Crippen LogP contribution in [0.15, 0.2) is 24.3 Å². The average molecular weight is 170 g/mol. The summed E-state index contributed by atoms with van der Waals surface area (Å²) in [5, 5.41) is 0. The third-order valence-corrected chi connectivity index (χ3v) is 1.37. The van der Waals surface area contributed by atoms with E-state index < -0.39 is 19.2 Å². The molecule has 0 spiro atoms. The zero-order chi connectivity index (χ0) is 12.9. The van der Waals surface area contributed by atoms with Gasteiger partial charge in [0.25, 0.3) is 0 Å². The third-order valence-electron chi connectivity index (χ3n) is 1.37. The van der Waals surface area contributed by atoms with Crippen LogP contribution in [0.2, 0.25) is 0 Å². The Labute approximate surface area is 78.1 Å². The van der Waals surface area contributed by atoms with E-state index in [0.29, 0.717) is 5.69 Å². The predicted molar refractivity (Wildman–Crippen MR) is 46.1 cm³/mol. The number of nitrogen functional groups attached to an aromatic ring is 1. The molecule has 3 nitrogen and oxygen atoms in total. The molecule has 0 bridgehead atoms. The van der Waals surface area contributed by atoms with Gasteiger partial charge in [0.05, 0.1) is 20.0 Å². The van der Waals surface area contributed by atoms with Crippen molar-refractivity contribution < 1.29 is 16.3 Å². The summed E-state index contributed by atoms with van der Waals surface area (Å²) in [4.78, 5) is 0. The Morgan fingerprint density at radius 2 is 2.50 bits per heavy atom. The van der Waals surface area contributed by atoms with E-state index in [0.717, 1.165) is 0 Å². The quantitative estimate of drug-likeness (QED) is 0.675. The van der Waals surface area contributed by atoms with Crippen molar-refractivity contribution >= 4 is 5.69 Å². The van der Waals surface area contributed by atoms with Gasteiger partial charge in [-0.05, 0) is 12.1 Å². The van der Waals surface area contributed by atoms with E-state index >= 15 is 0 Å². The van der Waals surface area contributed by atoms with Crippen LogP contribution in [0, 0.1) is 0 Å². The number of ether oxygens (including phenoxy) is 2. The molecule has 0 saturated carbocycles. The number of benzene rings is 1. The molecule has 0 aromatic heterocycles. The van der Waals surface area contributed by atoms with Crippen molar-refractivity contribution in [3.05, 3.63) is 24.3 Å². The molecule has 12 heavy (non-hydrogen) atoms. The Kier molecular flexibility index (Phi) is 0.924. The smallest absolute Gasteiger partial charge is 0.145 e. The fourth-order valence-electron chi connectivity index (χ4n) is 0.830. The van der Waals surface area contributed by atoms with Crippen LogP contribution in [-0.4, -0.2) is 19.2 Å². The maximum absolute atomic E-state index is 7.74. The van der Waals surface area contributed by atoms with E-state index in [9.17, 15) is 0 Å². The highest BCUT2D eigenvalue weighted by Crippen LogP contribution is 2.18. The van der Waals surface area contributed by atoms with Gasteiger partial charge in [0.1, 0.15) is 11.8 Å². The molecule has 0 amide bonds. The number of anilines is 1. The van der Waals surface area contributed by atoms with Crippen molar-refractivity contribution in [2.24, 2.45) is 0 Å². The lowest BCUT2D eigenvalue weighted by atomic mass is 10.3. The Morgan fingerprint density at radius 3 is 3.17 bits per heavy atom. The topological polar surface area (TPSA) is 44.5 Å². The molecule has 1 aliphatic rings. The highest BCUT2D eigenvalue weighted by Gasteiger charge is 2.19. The summed E-state index contributed by atoms with van der Waals surface area (Å²) in [6, 6.07) is 6.03. The molecular formula is C9H11NO2. The van der Waals surface area contributed by atoms with Gasteiger partial charge in [-0.3, -0.25) is 0 Å². The molecule has 2 N–H and O–H groups in total. The van der Waals surface area contributed by atoms with Crippen LogP contribution in [0.25, 0.3) is 0 Å². The first-order chi connectivity index (χ1) is 7.68. The van der Waals surface area contributed by atoms with Crippen LogP contribution in [0.4, 0.5) is 5.69 Å². The first kappa shape index (κ1) is 3.66. The Bertz CT molecular complexity index is 437. The van der Waals surface area contributed by atoms with E-state index in [1.165, 1.54) is 12.1 Å². The van der Waals surface area contributed by atoms with Gasteiger partial charge in [-0.25, -0.2) is 0 Å². The molecule has 0 atom stereocenters. The van der Waals surface area contributed by atoms with E-state index in [2.05, 4.69) is 4.74 Å². The van der Waals surface area contributed by atoms with Crippen molar-refractivity contribution in [3.8, 4) is 5.75 Å². The largest absolute Gasteiger partial charge is 0.486 e. The SMILES string of the molecule is [2H]C1([2H])OC([2H])([2H])C1([2H])Oc1cccc(N)c1. The number of nitrogens with two attached hydrogens (primary N) is 1. The normalized spacial score (nSPS) is 34.2. The Hall–Kier alpha value is -1.22. The van der Waals surface area contributed by atoms with Crippen LogP contribution in [-0.2, 0) is 4.74 Å². The molecule has 1 aliphatic heterocycles. The minimum atomic E-state index is -2.51. The van der Waals surface area contributed by atoms with Crippen molar-refractivity contribution in [1.82, 2.24) is 0 Å². The monoisotopic (exact) mass is 170 g/mol. The standard InChI is InChI=1S/C9H11NO2/c10-7-2-1-3-8(4-7)12-9-5-11-6-9/h1-4,9H,5-6,10H2/i5D2,6D2,9D. The summed E-state index contributed by atoms with van der Waals surface area (Å²) in [5.41, 5.74) is 5.89. The number of hydrogen-bond donors (Lipinski definition) is 1. The maximum atomic E-state index is 7.74. The zero-order valence-electron chi connectivity index (χ0n) is 11.2. The minimum Gasteiger partial charge on any atom is -0.486 e. The van der Waals surface area contributed by atoms with Gasteiger partial charge in [0.2, 0.25) is 0 Å². The van der Waals surface area contributed by atoms with Crippen LogP contribution >= 0.6 is 0 Å². The van der Waals surface area contributed by atoms with Gasteiger partial charge in [-0.2, -0.15) is 0 Å². The van der Waals surface area contributed by atoms with Crippen molar-refractivity contribution in [1.29, 1.82) is 0 Å². The van der Waals surface area contributed by atoms with Gasteiger partial charge < -0.3 is 15.2 Å². The Morgan fingerprint density at radius 1 is 1.67 bits per heavy atom. The summed E-state index contributed by atoms with van der Waals surface area (Å²) < 4.78 is 46.5. The fourth-order valence-corrected chi connectivity index (χ4v) is 0.830. The second-order valence-electron chi connectivity index (χ2n) is 2.31. The molecule has 3 heteroatoms. The zero-order valence-corrected chi connectivity index (χ0v) is 6.20. The fraction of sp³-hybridized carbons (Fsp3) is 0.333. The lowest BCUT2D eigenvalue weighted by Crippen LogP contribution is -2.38. The Balaban J connectivity index is 2.28. The highest BCUT2D eigenvalue weighted by molar-refractivity contribution is 5.43. The molecule has 1 aromatic carbocycles. The van der Waals surface area contributed by atoms with Crippen LogP contribution in [0.3, 0.4) is 0 Å². The molecule has 0 radical (unpaired) electrons. The first-order valence-electron chi connectivity index (χ1n) is 5.93. The lowest BCUT2D eigenvalue weighted by Gasteiger charge is -2.26. The summed E-state index contributed by atoms with van der Waals surface area (Å²) in [6.45, 7) is -5.03.